The Morgan fingerprint density at radius 2 is 1.93 bits per heavy atom. The summed E-state index contributed by atoms with van der Waals surface area (Å²) in [5.74, 6) is 0. The zero-order chi connectivity index (χ0) is 11.0. The van der Waals surface area contributed by atoms with Crippen molar-refractivity contribution in [2.45, 2.75) is 26.8 Å². The molecule has 0 saturated heterocycles. The standard InChI is InChI=1S/C13H16N2/c1-8-4-5-12-11(6-8)9(2)7-13(15-12)10(3)14/h4-7,10H,14H2,1-3H3. The van der Waals surface area contributed by atoms with E-state index in [4.69, 9.17) is 5.73 Å². The second kappa shape index (κ2) is 3.63. The molecule has 2 heteroatoms. The van der Waals surface area contributed by atoms with Crippen molar-refractivity contribution in [3.8, 4) is 0 Å². The van der Waals surface area contributed by atoms with E-state index in [2.05, 4.69) is 43.1 Å². The van der Waals surface area contributed by atoms with Crippen molar-refractivity contribution in [3.05, 3.63) is 41.1 Å². The van der Waals surface area contributed by atoms with Crippen molar-refractivity contribution in [1.82, 2.24) is 4.98 Å². The maximum Gasteiger partial charge on any atom is 0.0708 e. The summed E-state index contributed by atoms with van der Waals surface area (Å²) in [6.45, 7) is 6.16. The lowest BCUT2D eigenvalue weighted by Crippen LogP contribution is -2.07. The molecule has 0 aliphatic heterocycles. The van der Waals surface area contributed by atoms with Crippen molar-refractivity contribution in [2.24, 2.45) is 5.73 Å². The summed E-state index contributed by atoms with van der Waals surface area (Å²) >= 11 is 0. The van der Waals surface area contributed by atoms with Crippen LogP contribution in [0.5, 0.6) is 0 Å². The summed E-state index contributed by atoms with van der Waals surface area (Å²) in [6, 6.07) is 8.38. The molecule has 78 valence electrons. The highest BCUT2D eigenvalue weighted by Crippen LogP contribution is 2.21. The summed E-state index contributed by atoms with van der Waals surface area (Å²) in [5.41, 5.74) is 10.3. The largest absolute Gasteiger partial charge is 0.323 e. The van der Waals surface area contributed by atoms with Crippen molar-refractivity contribution in [3.63, 3.8) is 0 Å². The number of hydrogen-bond donors (Lipinski definition) is 1. The van der Waals surface area contributed by atoms with Crippen molar-refractivity contribution in [1.29, 1.82) is 0 Å². The van der Waals surface area contributed by atoms with E-state index in [1.165, 1.54) is 16.5 Å². The highest BCUT2D eigenvalue weighted by atomic mass is 14.8. The lowest BCUT2D eigenvalue weighted by Gasteiger charge is -2.09. The SMILES string of the molecule is Cc1ccc2nc(C(C)N)cc(C)c2c1. The van der Waals surface area contributed by atoms with E-state index in [-0.39, 0.29) is 6.04 Å². The maximum atomic E-state index is 5.84. The Bertz CT molecular complexity index is 501. The van der Waals surface area contributed by atoms with Gasteiger partial charge in [-0.2, -0.15) is 0 Å². The van der Waals surface area contributed by atoms with Crippen LogP contribution in [-0.4, -0.2) is 4.98 Å². The normalized spacial score (nSPS) is 13.1. The molecule has 0 amide bonds. The van der Waals surface area contributed by atoms with Crippen LogP contribution in [0.25, 0.3) is 10.9 Å². The first-order valence-electron chi connectivity index (χ1n) is 5.21. The van der Waals surface area contributed by atoms with E-state index < -0.39 is 0 Å². The third-order valence-electron chi connectivity index (χ3n) is 2.66. The molecule has 0 aliphatic carbocycles. The predicted octanol–water partition coefficient (Wildman–Crippen LogP) is 2.87. The van der Waals surface area contributed by atoms with E-state index in [9.17, 15) is 0 Å². The lowest BCUT2D eigenvalue weighted by atomic mass is 10.0. The average molecular weight is 200 g/mol. The fourth-order valence-electron chi connectivity index (χ4n) is 1.77. The molecule has 0 saturated carbocycles. The Balaban J connectivity index is 2.73. The van der Waals surface area contributed by atoms with Gasteiger partial charge >= 0.3 is 0 Å². The molecule has 1 aromatic carbocycles. The van der Waals surface area contributed by atoms with Crippen LogP contribution in [0.15, 0.2) is 24.3 Å². The first-order valence-corrected chi connectivity index (χ1v) is 5.21. The Labute approximate surface area is 90.1 Å². The van der Waals surface area contributed by atoms with Crippen LogP contribution in [0.3, 0.4) is 0 Å². The van der Waals surface area contributed by atoms with Gasteiger partial charge in [-0.25, -0.2) is 0 Å². The second-order valence-electron chi connectivity index (χ2n) is 4.17. The third-order valence-corrected chi connectivity index (χ3v) is 2.66. The Morgan fingerprint density at radius 1 is 1.20 bits per heavy atom. The van der Waals surface area contributed by atoms with E-state index in [0.29, 0.717) is 0 Å². The fourth-order valence-corrected chi connectivity index (χ4v) is 1.77. The van der Waals surface area contributed by atoms with Gasteiger partial charge in [0.05, 0.1) is 11.2 Å². The van der Waals surface area contributed by atoms with Gasteiger partial charge in [-0.1, -0.05) is 11.6 Å². The van der Waals surface area contributed by atoms with Gasteiger partial charge in [-0.05, 0) is 44.5 Å². The van der Waals surface area contributed by atoms with Crippen molar-refractivity contribution in [2.75, 3.05) is 0 Å². The number of rotatable bonds is 1. The first-order chi connectivity index (χ1) is 7.08. The Hall–Kier alpha value is -1.41. The minimum Gasteiger partial charge on any atom is -0.323 e. The Kier molecular flexibility index (Phi) is 2.45. The number of nitrogens with two attached hydrogens (primary N) is 1. The molecule has 0 fully saturated rings. The number of fused-ring (bicyclic) bond motifs is 1. The fraction of sp³-hybridized carbons (Fsp3) is 0.308. The number of pyridine rings is 1. The zero-order valence-electron chi connectivity index (χ0n) is 9.41. The smallest absolute Gasteiger partial charge is 0.0708 e. The van der Waals surface area contributed by atoms with E-state index in [1.54, 1.807) is 0 Å². The molecule has 0 radical (unpaired) electrons. The van der Waals surface area contributed by atoms with Crippen LogP contribution in [0, 0.1) is 13.8 Å². The zero-order valence-corrected chi connectivity index (χ0v) is 9.41. The van der Waals surface area contributed by atoms with Gasteiger partial charge in [0.2, 0.25) is 0 Å². The highest BCUT2D eigenvalue weighted by molar-refractivity contribution is 5.82. The van der Waals surface area contributed by atoms with Crippen LogP contribution < -0.4 is 5.73 Å². The van der Waals surface area contributed by atoms with E-state index >= 15 is 0 Å². The topological polar surface area (TPSA) is 38.9 Å². The van der Waals surface area contributed by atoms with Crippen molar-refractivity contribution < 1.29 is 0 Å². The van der Waals surface area contributed by atoms with Crippen LogP contribution >= 0.6 is 0 Å². The molecular weight excluding hydrogens is 184 g/mol. The molecule has 2 aromatic rings. The van der Waals surface area contributed by atoms with Crippen molar-refractivity contribution >= 4 is 10.9 Å². The van der Waals surface area contributed by atoms with E-state index in [1.807, 2.05) is 6.92 Å². The number of aryl methyl sites for hydroxylation is 2. The molecule has 1 aromatic heterocycles. The number of aromatic nitrogens is 1. The Morgan fingerprint density at radius 3 is 2.60 bits per heavy atom. The molecule has 1 unspecified atom stereocenters. The third kappa shape index (κ3) is 1.85. The van der Waals surface area contributed by atoms with E-state index in [0.717, 1.165) is 11.2 Å². The number of benzene rings is 1. The monoisotopic (exact) mass is 200 g/mol. The molecule has 15 heavy (non-hydrogen) atoms. The number of nitrogens with zero attached hydrogens (tertiary/aromatic N) is 1. The summed E-state index contributed by atoms with van der Waals surface area (Å²) in [4.78, 5) is 4.55. The molecule has 1 heterocycles. The van der Waals surface area contributed by atoms with Crippen LogP contribution in [0.1, 0.15) is 29.8 Å². The molecular formula is C13H16N2. The maximum absolute atomic E-state index is 5.84. The minimum absolute atomic E-state index is 0.00518. The molecule has 0 aliphatic rings. The van der Waals surface area contributed by atoms with Gasteiger partial charge in [0, 0.05) is 11.4 Å². The average Bonchev–Trinajstić information content (AvgIpc) is 2.18. The minimum atomic E-state index is -0.00518. The summed E-state index contributed by atoms with van der Waals surface area (Å²) in [5, 5.41) is 1.22. The van der Waals surface area contributed by atoms with Gasteiger partial charge in [-0.15, -0.1) is 0 Å². The van der Waals surface area contributed by atoms with Gasteiger partial charge in [-0.3, -0.25) is 4.98 Å². The molecule has 2 N–H and O–H groups in total. The molecule has 2 rings (SSSR count). The van der Waals surface area contributed by atoms with Gasteiger partial charge in [0.1, 0.15) is 0 Å². The summed E-state index contributed by atoms with van der Waals surface area (Å²) in [6.07, 6.45) is 0. The molecule has 0 spiro atoms. The summed E-state index contributed by atoms with van der Waals surface area (Å²) < 4.78 is 0. The van der Waals surface area contributed by atoms with Crippen LogP contribution in [0.4, 0.5) is 0 Å². The van der Waals surface area contributed by atoms with Gasteiger partial charge in [0.25, 0.3) is 0 Å². The highest BCUT2D eigenvalue weighted by Gasteiger charge is 2.05. The quantitative estimate of drug-likeness (QED) is 0.768. The first kappa shape index (κ1) is 10.1. The summed E-state index contributed by atoms with van der Waals surface area (Å²) in [7, 11) is 0. The lowest BCUT2D eigenvalue weighted by molar-refractivity contribution is 0.785. The van der Waals surface area contributed by atoms with Gasteiger partial charge < -0.3 is 5.73 Å². The van der Waals surface area contributed by atoms with Gasteiger partial charge in [0.15, 0.2) is 0 Å². The molecule has 0 bridgehead atoms. The second-order valence-corrected chi connectivity index (χ2v) is 4.17. The van der Waals surface area contributed by atoms with Crippen LogP contribution in [-0.2, 0) is 0 Å². The number of hydrogen-bond acceptors (Lipinski definition) is 2. The van der Waals surface area contributed by atoms with Crippen LogP contribution in [0.2, 0.25) is 0 Å². The molecule has 2 nitrogen and oxygen atoms in total. The molecule has 1 atom stereocenters. The predicted molar refractivity (Wildman–Crippen MR) is 63.8 cm³/mol.